The molecule has 17 heteroatoms. The van der Waals surface area contributed by atoms with Gasteiger partial charge < -0.3 is 60.7 Å². The number of carbonyl (C=O) groups is 2. The molecule has 0 spiro atoms. The van der Waals surface area contributed by atoms with E-state index >= 15 is 0 Å². The number of anilines is 4. The standard InChI is InChI=1S/C26H32N4O5.C22H25N3O5/c1-17-18(16-31)5-3-6-21(17)29-25-19-13-24(35-10-4-7-30-8-11-34-12-9-30)23(33-2)14-22(19)28-15-20(25)26(27)32;1-13-14(12-26)5-4-6-17(13)25-21-15-9-20(30-8-7-28-2)19(29-3)10-18(15)24-11-16(21)22(23)27/h3,5-6,13-15,31H,4,7-12,16H2,1-2H3,(H2,27,32)(H,28,29);4-6,9-11,26H,7-8,12H2,1-3H3,(H2,23,27)(H,24,25). The molecule has 4 aromatic carbocycles. The molecule has 0 saturated carbocycles. The zero-order valence-electron chi connectivity index (χ0n) is 37.4. The predicted octanol–water partition coefficient (Wildman–Crippen LogP) is 5.90. The number of carbonyl (C=O) groups excluding carboxylic acids is 2. The fraction of sp³-hybridized carbons (Fsp3) is 0.333. The Morgan fingerprint density at radius 2 is 1.17 bits per heavy atom. The van der Waals surface area contributed by atoms with E-state index < -0.39 is 11.8 Å². The second-order valence-electron chi connectivity index (χ2n) is 15.1. The van der Waals surface area contributed by atoms with E-state index in [0.717, 1.165) is 72.9 Å². The van der Waals surface area contributed by atoms with Gasteiger partial charge in [0.1, 0.15) is 6.61 Å². The van der Waals surface area contributed by atoms with E-state index in [-0.39, 0.29) is 24.3 Å². The first-order valence-electron chi connectivity index (χ1n) is 21.1. The molecule has 0 radical (unpaired) electrons. The van der Waals surface area contributed by atoms with Crippen LogP contribution < -0.4 is 41.0 Å². The number of pyridine rings is 2. The monoisotopic (exact) mass is 891 g/mol. The van der Waals surface area contributed by atoms with Crippen molar-refractivity contribution >= 4 is 56.4 Å². The van der Waals surface area contributed by atoms with E-state index in [0.29, 0.717) is 76.0 Å². The smallest absolute Gasteiger partial charge is 0.252 e. The normalized spacial score (nSPS) is 12.6. The summed E-state index contributed by atoms with van der Waals surface area (Å²) in [4.78, 5) is 35.5. The molecule has 1 fully saturated rings. The Morgan fingerprint density at radius 3 is 1.60 bits per heavy atom. The van der Waals surface area contributed by atoms with Crippen LogP contribution in [0.15, 0.2) is 73.1 Å². The van der Waals surface area contributed by atoms with Crippen molar-refractivity contribution in [1.82, 2.24) is 14.9 Å². The van der Waals surface area contributed by atoms with Gasteiger partial charge in [0.2, 0.25) is 0 Å². The highest BCUT2D eigenvalue weighted by Crippen LogP contribution is 2.40. The molecule has 2 amide bonds. The third kappa shape index (κ3) is 11.5. The highest BCUT2D eigenvalue weighted by atomic mass is 16.5. The van der Waals surface area contributed by atoms with E-state index in [2.05, 4.69) is 25.5 Å². The molecular formula is C48H57N7O10. The number of aliphatic hydroxyl groups excluding tert-OH is 2. The zero-order valence-corrected chi connectivity index (χ0v) is 37.4. The molecule has 3 heterocycles. The minimum atomic E-state index is -0.611. The third-order valence-electron chi connectivity index (χ3n) is 11.1. The third-order valence-corrected chi connectivity index (χ3v) is 11.1. The molecule has 1 aliphatic rings. The first-order chi connectivity index (χ1) is 31.5. The highest BCUT2D eigenvalue weighted by Gasteiger charge is 2.20. The summed E-state index contributed by atoms with van der Waals surface area (Å²) in [7, 11) is 4.72. The average Bonchev–Trinajstić information content (AvgIpc) is 3.31. The number of hydrogen-bond acceptors (Lipinski definition) is 15. The number of ether oxygens (including phenoxy) is 6. The van der Waals surface area contributed by atoms with Gasteiger partial charge in [-0.25, -0.2) is 0 Å². The average molecular weight is 892 g/mol. The molecule has 0 atom stereocenters. The van der Waals surface area contributed by atoms with Crippen molar-refractivity contribution in [2.24, 2.45) is 11.5 Å². The number of rotatable bonds is 19. The Bertz CT molecular complexity index is 2620. The summed E-state index contributed by atoms with van der Waals surface area (Å²) in [5.41, 5.74) is 18.9. The second kappa shape index (κ2) is 22.7. The SMILES string of the molecule is COCCOc1cc2c(Nc3cccc(CO)c3C)c(C(N)=O)cnc2cc1OC.COc1cc2ncc(C(N)=O)c(Nc3cccc(CO)c3C)c2cc1OCCCN1CCOCC1. The number of benzene rings is 4. The number of nitrogens with one attached hydrogen (secondary N) is 2. The summed E-state index contributed by atoms with van der Waals surface area (Å²) < 4.78 is 33.3. The summed E-state index contributed by atoms with van der Waals surface area (Å²) in [5.74, 6) is 0.931. The van der Waals surface area contributed by atoms with Crippen LogP contribution in [0, 0.1) is 13.8 Å². The first kappa shape index (κ1) is 47.7. The molecule has 2 aromatic heterocycles. The molecule has 1 saturated heterocycles. The quantitative estimate of drug-likeness (QED) is 0.0520. The largest absolute Gasteiger partial charge is 0.493 e. The molecule has 0 unspecified atom stereocenters. The van der Waals surface area contributed by atoms with Gasteiger partial charge in [-0.1, -0.05) is 24.3 Å². The van der Waals surface area contributed by atoms with Gasteiger partial charge in [0.05, 0.1) is 87.4 Å². The number of amides is 2. The number of nitrogens with two attached hydrogens (primary N) is 2. The zero-order chi connectivity index (χ0) is 46.5. The molecule has 6 aromatic rings. The lowest BCUT2D eigenvalue weighted by Gasteiger charge is -2.26. The molecule has 8 N–H and O–H groups in total. The summed E-state index contributed by atoms with van der Waals surface area (Å²) in [5, 5.41) is 27.2. The van der Waals surface area contributed by atoms with Crippen molar-refractivity contribution in [3.8, 4) is 23.0 Å². The number of aliphatic hydroxyl groups is 2. The number of nitrogens with zero attached hydrogens (tertiary/aromatic N) is 3. The van der Waals surface area contributed by atoms with Crippen molar-refractivity contribution in [2.75, 3.05) is 84.6 Å². The van der Waals surface area contributed by atoms with Crippen LogP contribution in [-0.2, 0) is 22.7 Å². The number of hydrogen-bond donors (Lipinski definition) is 6. The number of fused-ring (bicyclic) bond motifs is 2. The number of methoxy groups -OCH3 is 3. The van der Waals surface area contributed by atoms with Gasteiger partial charge in [0.25, 0.3) is 11.8 Å². The van der Waals surface area contributed by atoms with Gasteiger partial charge in [-0.3, -0.25) is 24.5 Å². The van der Waals surface area contributed by atoms with E-state index in [4.69, 9.17) is 39.9 Å². The molecule has 17 nitrogen and oxygen atoms in total. The Balaban J connectivity index is 0.000000218. The molecular weight excluding hydrogens is 835 g/mol. The molecule has 0 aliphatic carbocycles. The maximum atomic E-state index is 12.3. The van der Waals surface area contributed by atoms with Crippen LogP contribution >= 0.6 is 0 Å². The maximum absolute atomic E-state index is 12.3. The van der Waals surface area contributed by atoms with Crippen LogP contribution in [0.4, 0.5) is 22.7 Å². The second-order valence-corrected chi connectivity index (χ2v) is 15.1. The van der Waals surface area contributed by atoms with Crippen molar-refractivity contribution in [3.05, 3.63) is 106 Å². The van der Waals surface area contributed by atoms with Gasteiger partial charge in [0, 0.05) is 73.4 Å². The summed E-state index contributed by atoms with van der Waals surface area (Å²) in [6.45, 7) is 9.24. The van der Waals surface area contributed by atoms with Crippen LogP contribution in [-0.4, -0.2) is 111 Å². The summed E-state index contributed by atoms with van der Waals surface area (Å²) in [6, 6.07) is 18.2. The number of aromatic nitrogens is 2. The Morgan fingerprint density at radius 1 is 0.692 bits per heavy atom. The Kier molecular flexibility index (Phi) is 16.7. The lowest BCUT2D eigenvalue weighted by molar-refractivity contribution is 0.0357. The fourth-order valence-corrected chi connectivity index (χ4v) is 7.37. The molecule has 1 aliphatic heterocycles. The number of morpholine rings is 1. The highest BCUT2D eigenvalue weighted by molar-refractivity contribution is 6.09. The van der Waals surface area contributed by atoms with Gasteiger partial charge in [-0.05, 0) is 66.8 Å². The Labute approximate surface area is 377 Å². The van der Waals surface area contributed by atoms with Gasteiger partial charge in [0.15, 0.2) is 23.0 Å². The Hall–Kier alpha value is -6.76. The van der Waals surface area contributed by atoms with Gasteiger partial charge in [-0.15, -0.1) is 0 Å². The van der Waals surface area contributed by atoms with E-state index in [1.807, 2.05) is 56.3 Å². The van der Waals surface area contributed by atoms with E-state index in [1.165, 1.54) is 12.4 Å². The minimum Gasteiger partial charge on any atom is -0.493 e. The number of primary amides is 2. The van der Waals surface area contributed by atoms with Crippen LogP contribution in [0.3, 0.4) is 0 Å². The van der Waals surface area contributed by atoms with Gasteiger partial charge in [-0.2, -0.15) is 0 Å². The fourth-order valence-electron chi connectivity index (χ4n) is 7.37. The molecule has 65 heavy (non-hydrogen) atoms. The van der Waals surface area contributed by atoms with Crippen molar-refractivity contribution in [1.29, 1.82) is 0 Å². The summed E-state index contributed by atoms with van der Waals surface area (Å²) in [6.07, 6.45) is 3.75. The lowest BCUT2D eigenvalue weighted by atomic mass is 10.0. The van der Waals surface area contributed by atoms with Crippen molar-refractivity contribution < 1.29 is 48.2 Å². The van der Waals surface area contributed by atoms with Crippen molar-refractivity contribution in [2.45, 2.75) is 33.5 Å². The maximum Gasteiger partial charge on any atom is 0.252 e. The van der Waals surface area contributed by atoms with E-state index in [9.17, 15) is 19.8 Å². The molecule has 7 rings (SSSR count). The summed E-state index contributed by atoms with van der Waals surface area (Å²) >= 11 is 0. The van der Waals surface area contributed by atoms with Gasteiger partial charge >= 0.3 is 0 Å². The lowest BCUT2D eigenvalue weighted by Crippen LogP contribution is -2.37. The van der Waals surface area contributed by atoms with Crippen LogP contribution in [0.5, 0.6) is 23.0 Å². The van der Waals surface area contributed by atoms with E-state index in [1.54, 1.807) is 39.5 Å². The van der Waals surface area contributed by atoms with Crippen LogP contribution in [0.1, 0.15) is 49.4 Å². The van der Waals surface area contributed by atoms with Crippen LogP contribution in [0.2, 0.25) is 0 Å². The predicted molar refractivity (Wildman–Crippen MR) is 249 cm³/mol. The van der Waals surface area contributed by atoms with Crippen molar-refractivity contribution in [3.63, 3.8) is 0 Å². The van der Waals surface area contributed by atoms with Crippen LogP contribution in [0.25, 0.3) is 21.8 Å². The molecule has 344 valence electrons. The minimum absolute atomic E-state index is 0.0826. The molecule has 0 bridgehead atoms. The topological polar surface area (TPSA) is 235 Å². The first-order valence-corrected chi connectivity index (χ1v) is 21.1.